The van der Waals surface area contributed by atoms with Crippen LogP contribution in [0.15, 0.2) is 73.1 Å². The number of pyridine rings is 1. The molecule has 0 unspecified atom stereocenters. The van der Waals surface area contributed by atoms with E-state index in [1.165, 1.54) is 21.9 Å². The van der Waals surface area contributed by atoms with Gasteiger partial charge in [0, 0.05) is 28.9 Å². The molecule has 2 aromatic heterocycles. The van der Waals surface area contributed by atoms with E-state index in [1.807, 2.05) is 36.7 Å². The van der Waals surface area contributed by atoms with Gasteiger partial charge in [-0.15, -0.1) is 0 Å². The van der Waals surface area contributed by atoms with Crippen LogP contribution in [0, 0.1) is 6.92 Å². The van der Waals surface area contributed by atoms with Gasteiger partial charge in [-0.1, -0.05) is 48.5 Å². The summed E-state index contributed by atoms with van der Waals surface area (Å²) in [6, 6.07) is 20.4. The minimum atomic E-state index is 1.06. The number of hydrogen-bond donors (Lipinski definition) is 1. The van der Waals surface area contributed by atoms with E-state index in [0.717, 1.165) is 5.52 Å². The monoisotopic (exact) mass is 260 g/mol. The summed E-state index contributed by atoms with van der Waals surface area (Å²) in [5.74, 6) is 0. The SMILES string of the molecule is Cc1[nH]cc2ccccc12.c1ccc2ncccc2c1. The fourth-order valence-corrected chi connectivity index (χ4v) is 2.24. The number of aromatic nitrogens is 2. The van der Waals surface area contributed by atoms with Gasteiger partial charge in [-0.3, -0.25) is 4.98 Å². The first-order chi connectivity index (χ1) is 9.84. The van der Waals surface area contributed by atoms with Gasteiger partial charge in [-0.05, 0) is 24.4 Å². The summed E-state index contributed by atoms with van der Waals surface area (Å²) in [4.78, 5) is 7.36. The lowest BCUT2D eigenvalue weighted by Crippen LogP contribution is -1.73. The minimum absolute atomic E-state index is 1.06. The van der Waals surface area contributed by atoms with Gasteiger partial charge in [0.2, 0.25) is 0 Å². The highest BCUT2D eigenvalue weighted by Crippen LogP contribution is 2.15. The van der Waals surface area contributed by atoms with Crippen molar-refractivity contribution >= 4 is 21.7 Å². The second-order valence-corrected chi connectivity index (χ2v) is 4.70. The molecule has 0 atom stereocenters. The van der Waals surface area contributed by atoms with E-state index in [1.54, 1.807) is 0 Å². The van der Waals surface area contributed by atoms with Gasteiger partial charge in [-0.25, -0.2) is 0 Å². The molecule has 0 saturated carbocycles. The molecule has 0 bridgehead atoms. The van der Waals surface area contributed by atoms with Crippen LogP contribution in [0.1, 0.15) is 5.69 Å². The zero-order valence-electron chi connectivity index (χ0n) is 11.4. The second kappa shape index (κ2) is 5.57. The molecule has 0 saturated heterocycles. The van der Waals surface area contributed by atoms with E-state index in [2.05, 4.69) is 53.3 Å². The van der Waals surface area contributed by atoms with Crippen molar-refractivity contribution in [2.24, 2.45) is 0 Å². The van der Waals surface area contributed by atoms with E-state index in [-0.39, 0.29) is 0 Å². The molecule has 0 aliphatic carbocycles. The lowest BCUT2D eigenvalue weighted by atomic mass is 10.2. The summed E-state index contributed by atoms with van der Waals surface area (Å²) in [7, 11) is 0. The molecule has 2 aromatic carbocycles. The highest BCUT2D eigenvalue weighted by molar-refractivity contribution is 5.84. The molecule has 20 heavy (non-hydrogen) atoms. The smallest absolute Gasteiger partial charge is 0.0701 e. The maximum atomic E-state index is 4.18. The molecular formula is C18H16N2. The number of benzene rings is 2. The van der Waals surface area contributed by atoms with Crippen LogP contribution in [0.25, 0.3) is 21.7 Å². The molecule has 2 heteroatoms. The van der Waals surface area contributed by atoms with Crippen LogP contribution in [-0.4, -0.2) is 9.97 Å². The summed E-state index contributed by atoms with van der Waals surface area (Å²) < 4.78 is 0. The van der Waals surface area contributed by atoms with Crippen LogP contribution in [0.2, 0.25) is 0 Å². The first-order valence-electron chi connectivity index (χ1n) is 6.67. The number of H-pyrrole nitrogens is 1. The van der Waals surface area contributed by atoms with Crippen LogP contribution in [-0.2, 0) is 0 Å². The zero-order valence-corrected chi connectivity index (χ0v) is 11.4. The predicted molar refractivity (Wildman–Crippen MR) is 84.8 cm³/mol. The van der Waals surface area contributed by atoms with Crippen molar-refractivity contribution in [2.75, 3.05) is 0 Å². The van der Waals surface area contributed by atoms with Gasteiger partial charge in [-0.2, -0.15) is 0 Å². The van der Waals surface area contributed by atoms with Crippen molar-refractivity contribution in [3.05, 3.63) is 78.8 Å². The molecule has 0 aliphatic rings. The van der Waals surface area contributed by atoms with Crippen molar-refractivity contribution in [1.82, 2.24) is 9.97 Å². The summed E-state index contributed by atoms with van der Waals surface area (Å²) in [5, 5.41) is 3.81. The van der Waals surface area contributed by atoms with Gasteiger partial charge >= 0.3 is 0 Å². The van der Waals surface area contributed by atoms with Gasteiger partial charge in [0.05, 0.1) is 5.52 Å². The molecule has 4 aromatic rings. The van der Waals surface area contributed by atoms with Crippen LogP contribution in [0.3, 0.4) is 0 Å². The van der Waals surface area contributed by atoms with Crippen molar-refractivity contribution in [2.45, 2.75) is 6.92 Å². The molecule has 2 nitrogen and oxygen atoms in total. The van der Waals surface area contributed by atoms with Crippen molar-refractivity contribution in [3.8, 4) is 0 Å². The largest absolute Gasteiger partial charge is 0.364 e. The van der Waals surface area contributed by atoms with Gasteiger partial charge in [0.1, 0.15) is 0 Å². The summed E-state index contributed by atoms with van der Waals surface area (Å²) in [6.45, 7) is 2.09. The number of nitrogens with zero attached hydrogens (tertiary/aromatic N) is 1. The van der Waals surface area contributed by atoms with Crippen molar-refractivity contribution in [1.29, 1.82) is 0 Å². The average molecular weight is 260 g/mol. The summed E-state index contributed by atoms with van der Waals surface area (Å²) >= 11 is 0. The Balaban J connectivity index is 0.000000121. The Morgan fingerprint density at radius 1 is 0.800 bits per heavy atom. The van der Waals surface area contributed by atoms with Crippen LogP contribution in [0.4, 0.5) is 0 Å². The molecular weight excluding hydrogens is 244 g/mol. The summed E-state index contributed by atoms with van der Waals surface area (Å²) in [5.41, 5.74) is 2.31. The number of para-hydroxylation sites is 1. The van der Waals surface area contributed by atoms with Crippen LogP contribution < -0.4 is 0 Å². The van der Waals surface area contributed by atoms with Crippen molar-refractivity contribution < 1.29 is 0 Å². The predicted octanol–water partition coefficient (Wildman–Crippen LogP) is 4.71. The third-order valence-corrected chi connectivity index (χ3v) is 3.32. The Labute approximate surface area is 118 Å². The number of fused-ring (bicyclic) bond motifs is 2. The minimum Gasteiger partial charge on any atom is -0.364 e. The Morgan fingerprint density at radius 3 is 2.30 bits per heavy atom. The average Bonchev–Trinajstić information content (AvgIpc) is 2.90. The second-order valence-electron chi connectivity index (χ2n) is 4.70. The number of aryl methyl sites for hydroxylation is 1. The third-order valence-electron chi connectivity index (χ3n) is 3.32. The fraction of sp³-hybridized carbons (Fsp3) is 0.0556. The van der Waals surface area contributed by atoms with Gasteiger partial charge < -0.3 is 4.98 Å². The van der Waals surface area contributed by atoms with Gasteiger partial charge in [0.25, 0.3) is 0 Å². The standard InChI is InChI=1S/C9H9N.C9H7N/c1-7-9-5-3-2-4-8(9)6-10-7;1-2-6-9-8(4-1)5-3-7-10-9/h2-6,10H,1H3;1-7H. The quantitative estimate of drug-likeness (QED) is 0.487. The Morgan fingerprint density at radius 2 is 1.50 bits per heavy atom. The maximum absolute atomic E-state index is 4.18. The van der Waals surface area contributed by atoms with E-state index in [0.29, 0.717) is 0 Å². The highest BCUT2D eigenvalue weighted by Gasteiger charge is 1.94. The molecule has 98 valence electrons. The fourth-order valence-electron chi connectivity index (χ4n) is 2.24. The molecule has 1 N–H and O–H groups in total. The maximum Gasteiger partial charge on any atom is 0.0701 e. The number of hydrogen-bond acceptors (Lipinski definition) is 1. The molecule has 2 heterocycles. The highest BCUT2D eigenvalue weighted by atomic mass is 14.7. The van der Waals surface area contributed by atoms with Gasteiger partial charge in [0.15, 0.2) is 0 Å². The number of aromatic amines is 1. The van der Waals surface area contributed by atoms with E-state index in [4.69, 9.17) is 0 Å². The molecule has 0 fully saturated rings. The molecule has 0 spiro atoms. The first-order valence-corrected chi connectivity index (χ1v) is 6.67. The molecule has 0 amide bonds. The molecule has 0 radical (unpaired) electrons. The molecule has 4 rings (SSSR count). The van der Waals surface area contributed by atoms with Crippen LogP contribution in [0.5, 0.6) is 0 Å². The normalized spacial score (nSPS) is 10.2. The Bertz CT molecular complexity index is 765. The summed E-state index contributed by atoms with van der Waals surface area (Å²) in [6.07, 6.45) is 3.84. The Hall–Kier alpha value is -2.61. The van der Waals surface area contributed by atoms with Crippen LogP contribution >= 0.6 is 0 Å². The topological polar surface area (TPSA) is 28.7 Å². The van der Waals surface area contributed by atoms with E-state index in [9.17, 15) is 0 Å². The molecule has 0 aliphatic heterocycles. The zero-order chi connectivity index (χ0) is 13.8. The number of nitrogens with one attached hydrogen (secondary N) is 1. The Kier molecular flexibility index (Phi) is 3.46. The lowest BCUT2D eigenvalue weighted by molar-refractivity contribution is 1.28. The van der Waals surface area contributed by atoms with Crippen molar-refractivity contribution in [3.63, 3.8) is 0 Å². The number of rotatable bonds is 0. The van der Waals surface area contributed by atoms with E-state index < -0.39 is 0 Å². The van der Waals surface area contributed by atoms with E-state index >= 15 is 0 Å². The first kappa shape index (κ1) is 12.4. The third kappa shape index (κ3) is 2.54. The lowest BCUT2D eigenvalue weighted by Gasteiger charge is -1.91.